The molecule has 1 rings (SSSR count). The summed E-state index contributed by atoms with van der Waals surface area (Å²) in [5.74, 6) is 0.777. The van der Waals surface area contributed by atoms with Gasteiger partial charge in [-0.05, 0) is 25.0 Å². The van der Waals surface area contributed by atoms with E-state index in [9.17, 15) is 4.79 Å². The van der Waals surface area contributed by atoms with Crippen LogP contribution in [0.4, 0.5) is 4.79 Å². The molecule has 1 saturated heterocycles. The van der Waals surface area contributed by atoms with Crippen LogP contribution in [0.25, 0.3) is 0 Å². The van der Waals surface area contributed by atoms with Crippen molar-refractivity contribution in [3.8, 4) is 0 Å². The van der Waals surface area contributed by atoms with E-state index in [0.29, 0.717) is 5.25 Å². The number of nitrogens with one attached hydrogen (secondary N) is 1. The molecule has 4 heteroatoms. The minimum Gasteiger partial charge on any atom is -0.337 e. The van der Waals surface area contributed by atoms with Gasteiger partial charge in [0.15, 0.2) is 0 Å². The van der Waals surface area contributed by atoms with Crippen LogP contribution in [0, 0.1) is 5.92 Å². The molecule has 1 N–H and O–H groups in total. The molecule has 0 aromatic rings. The van der Waals surface area contributed by atoms with E-state index >= 15 is 0 Å². The molecular formula is C11H22N2OS. The summed E-state index contributed by atoms with van der Waals surface area (Å²) in [7, 11) is 0. The summed E-state index contributed by atoms with van der Waals surface area (Å²) in [4.78, 5) is 13.7. The highest BCUT2D eigenvalue weighted by molar-refractivity contribution is 7.99. The molecule has 1 atom stereocenters. The van der Waals surface area contributed by atoms with Gasteiger partial charge in [-0.1, -0.05) is 13.8 Å². The Morgan fingerprint density at radius 1 is 1.53 bits per heavy atom. The molecule has 0 aliphatic carbocycles. The van der Waals surface area contributed by atoms with Crippen LogP contribution in [0.2, 0.25) is 0 Å². The topological polar surface area (TPSA) is 32.3 Å². The molecule has 1 aliphatic rings. The minimum absolute atomic E-state index is 0.114. The first-order chi connectivity index (χ1) is 7.13. The fraction of sp³-hybridized carbons (Fsp3) is 0.909. The normalized spacial score (nSPS) is 20.1. The lowest BCUT2D eigenvalue weighted by Crippen LogP contribution is -2.45. The van der Waals surface area contributed by atoms with Crippen molar-refractivity contribution in [2.45, 2.75) is 31.9 Å². The van der Waals surface area contributed by atoms with Gasteiger partial charge in [0, 0.05) is 24.9 Å². The van der Waals surface area contributed by atoms with E-state index in [0.717, 1.165) is 38.4 Å². The van der Waals surface area contributed by atoms with Gasteiger partial charge in [-0.3, -0.25) is 0 Å². The number of rotatable bonds is 3. The third-order valence-electron chi connectivity index (χ3n) is 3.01. The van der Waals surface area contributed by atoms with E-state index in [4.69, 9.17) is 0 Å². The molecule has 0 aromatic carbocycles. The van der Waals surface area contributed by atoms with Gasteiger partial charge in [0.05, 0.1) is 0 Å². The Bertz CT molecular complexity index is 203. The predicted molar refractivity (Wildman–Crippen MR) is 66.3 cm³/mol. The molecule has 1 heterocycles. The van der Waals surface area contributed by atoms with Crippen molar-refractivity contribution in [1.82, 2.24) is 10.2 Å². The largest absolute Gasteiger partial charge is 0.337 e. The van der Waals surface area contributed by atoms with Gasteiger partial charge in [-0.15, -0.1) is 0 Å². The summed E-state index contributed by atoms with van der Waals surface area (Å²) in [5, 5.41) is 3.48. The maximum Gasteiger partial charge on any atom is 0.317 e. The number of hydrogen-bond acceptors (Lipinski definition) is 2. The first kappa shape index (κ1) is 12.7. The summed E-state index contributed by atoms with van der Waals surface area (Å²) in [5.41, 5.74) is 0. The summed E-state index contributed by atoms with van der Waals surface area (Å²) in [6.45, 7) is 6.99. The van der Waals surface area contributed by atoms with Crippen LogP contribution < -0.4 is 5.32 Å². The fourth-order valence-corrected chi connectivity index (χ4v) is 1.89. The first-order valence-corrected chi connectivity index (χ1v) is 6.98. The minimum atomic E-state index is 0.114. The Hall–Kier alpha value is -0.380. The second-order valence-corrected chi connectivity index (χ2v) is 5.68. The average molecular weight is 230 g/mol. The van der Waals surface area contributed by atoms with Crippen LogP contribution >= 0.6 is 11.8 Å². The molecule has 0 radical (unpaired) electrons. The Morgan fingerprint density at radius 2 is 2.13 bits per heavy atom. The van der Waals surface area contributed by atoms with Gasteiger partial charge in [-0.2, -0.15) is 11.8 Å². The van der Waals surface area contributed by atoms with Crippen molar-refractivity contribution in [2.75, 3.05) is 25.9 Å². The average Bonchev–Trinajstić information content (AvgIpc) is 2.26. The first-order valence-electron chi connectivity index (χ1n) is 5.69. The zero-order valence-electron chi connectivity index (χ0n) is 9.95. The van der Waals surface area contributed by atoms with Gasteiger partial charge in [-0.25, -0.2) is 4.79 Å². The molecule has 15 heavy (non-hydrogen) atoms. The standard InChI is InChI=1S/C11H22N2OS/c1-9-4-6-13(7-5-9)11(14)12-8-10(2)15-3/h9-10H,4-8H2,1-3H3,(H,12,14). The van der Waals surface area contributed by atoms with Crippen LogP contribution in [0.1, 0.15) is 26.7 Å². The molecule has 3 nitrogen and oxygen atoms in total. The lowest BCUT2D eigenvalue weighted by molar-refractivity contribution is 0.174. The lowest BCUT2D eigenvalue weighted by atomic mass is 10.00. The van der Waals surface area contributed by atoms with Crippen molar-refractivity contribution in [3.05, 3.63) is 0 Å². The second kappa shape index (κ2) is 6.26. The Balaban J connectivity index is 2.22. The molecule has 0 saturated carbocycles. The summed E-state index contributed by atoms with van der Waals surface area (Å²) in [6, 6.07) is 0.114. The zero-order valence-corrected chi connectivity index (χ0v) is 10.8. The number of thioether (sulfide) groups is 1. The number of piperidine rings is 1. The van der Waals surface area contributed by atoms with E-state index in [1.807, 2.05) is 4.90 Å². The lowest BCUT2D eigenvalue weighted by Gasteiger charge is -2.30. The van der Waals surface area contributed by atoms with Crippen molar-refractivity contribution in [3.63, 3.8) is 0 Å². The number of carbonyl (C=O) groups is 1. The third kappa shape index (κ3) is 4.33. The molecule has 1 fully saturated rings. The number of hydrogen-bond donors (Lipinski definition) is 1. The third-order valence-corrected chi connectivity index (χ3v) is 3.99. The quantitative estimate of drug-likeness (QED) is 0.806. The van der Waals surface area contributed by atoms with Gasteiger partial charge >= 0.3 is 6.03 Å². The Labute approximate surface area is 97.0 Å². The van der Waals surface area contributed by atoms with Gasteiger partial charge in [0.1, 0.15) is 0 Å². The van der Waals surface area contributed by atoms with Crippen molar-refractivity contribution >= 4 is 17.8 Å². The fourth-order valence-electron chi connectivity index (χ4n) is 1.64. The van der Waals surface area contributed by atoms with E-state index in [-0.39, 0.29) is 6.03 Å². The van der Waals surface area contributed by atoms with Crippen LogP contribution in [0.5, 0.6) is 0 Å². The number of amides is 2. The van der Waals surface area contributed by atoms with E-state index < -0.39 is 0 Å². The molecule has 2 amide bonds. The predicted octanol–water partition coefficient (Wildman–Crippen LogP) is 2.18. The van der Waals surface area contributed by atoms with E-state index in [2.05, 4.69) is 25.4 Å². The second-order valence-electron chi connectivity index (χ2n) is 4.40. The molecule has 88 valence electrons. The van der Waals surface area contributed by atoms with Gasteiger partial charge < -0.3 is 10.2 Å². The maximum atomic E-state index is 11.7. The van der Waals surface area contributed by atoms with Gasteiger partial charge in [0.2, 0.25) is 0 Å². The van der Waals surface area contributed by atoms with Crippen molar-refractivity contribution in [1.29, 1.82) is 0 Å². The van der Waals surface area contributed by atoms with Crippen LogP contribution in [0.3, 0.4) is 0 Å². The molecule has 0 spiro atoms. The van der Waals surface area contributed by atoms with Crippen LogP contribution in [0.15, 0.2) is 0 Å². The Morgan fingerprint density at radius 3 is 2.67 bits per heavy atom. The SMILES string of the molecule is CSC(C)CNC(=O)N1CCC(C)CC1. The van der Waals surface area contributed by atoms with E-state index in [1.165, 1.54) is 0 Å². The Kier molecular flexibility index (Phi) is 5.29. The van der Waals surface area contributed by atoms with Crippen molar-refractivity contribution < 1.29 is 4.79 Å². The molecule has 0 aromatic heterocycles. The summed E-state index contributed by atoms with van der Waals surface area (Å²) >= 11 is 1.78. The maximum absolute atomic E-state index is 11.7. The number of nitrogens with zero attached hydrogens (tertiary/aromatic N) is 1. The number of urea groups is 1. The number of carbonyl (C=O) groups excluding carboxylic acids is 1. The smallest absolute Gasteiger partial charge is 0.317 e. The van der Waals surface area contributed by atoms with E-state index in [1.54, 1.807) is 11.8 Å². The monoisotopic (exact) mass is 230 g/mol. The zero-order chi connectivity index (χ0) is 11.3. The van der Waals surface area contributed by atoms with Crippen LogP contribution in [-0.2, 0) is 0 Å². The number of likely N-dealkylation sites (tertiary alicyclic amines) is 1. The molecule has 0 bridgehead atoms. The summed E-state index contributed by atoms with van der Waals surface area (Å²) in [6.07, 6.45) is 4.36. The van der Waals surface area contributed by atoms with Crippen molar-refractivity contribution in [2.24, 2.45) is 5.92 Å². The highest BCUT2D eigenvalue weighted by Crippen LogP contribution is 2.15. The highest BCUT2D eigenvalue weighted by Gasteiger charge is 2.19. The van der Waals surface area contributed by atoms with Crippen LogP contribution in [-0.4, -0.2) is 42.1 Å². The summed E-state index contributed by atoms with van der Waals surface area (Å²) < 4.78 is 0. The highest BCUT2D eigenvalue weighted by atomic mass is 32.2. The van der Waals surface area contributed by atoms with Gasteiger partial charge in [0.25, 0.3) is 0 Å². The molecule has 1 unspecified atom stereocenters. The molecule has 1 aliphatic heterocycles. The molecular weight excluding hydrogens is 208 g/mol.